The molecule has 2 aliphatic heterocycles. The minimum Gasteiger partial charge on any atom is -0.351 e. The minimum absolute atomic E-state index is 0.0797. The molecule has 2 rings (SSSR count). The molecule has 2 atom stereocenters. The number of piperidine rings is 1. The molecule has 0 aromatic rings. The van der Waals surface area contributed by atoms with E-state index >= 15 is 0 Å². The van der Waals surface area contributed by atoms with E-state index < -0.39 is 30.1 Å². The van der Waals surface area contributed by atoms with Gasteiger partial charge in [-0.25, -0.2) is 4.79 Å². The maximum atomic E-state index is 12.8. The molecule has 0 radical (unpaired) electrons. The molecule has 0 spiro atoms. The third-order valence-corrected chi connectivity index (χ3v) is 4.05. The van der Waals surface area contributed by atoms with Crippen molar-refractivity contribution in [3.05, 3.63) is 0 Å². The van der Waals surface area contributed by atoms with Crippen LogP contribution in [-0.2, 0) is 9.59 Å². The molecule has 2 N–H and O–H groups in total. The fraction of sp³-hybridized carbons (Fsp3) is 0.769. The molecule has 0 aromatic carbocycles. The van der Waals surface area contributed by atoms with Crippen LogP contribution in [0.15, 0.2) is 0 Å². The number of hydrogen-bond donors (Lipinski definition) is 2. The van der Waals surface area contributed by atoms with Crippen LogP contribution in [0, 0.1) is 0 Å². The van der Waals surface area contributed by atoms with Crippen LogP contribution >= 0.6 is 0 Å². The lowest BCUT2D eigenvalue weighted by Gasteiger charge is -2.38. The summed E-state index contributed by atoms with van der Waals surface area (Å²) in [5.41, 5.74) is 0. The van der Waals surface area contributed by atoms with Gasteiger partial charge >= 0.3 is 12.2 Å². The van der Waals surface area contributed by atoms with E-state index in [1.54, 1.807) is 0 Å². The fourth-order valence-electron chi connectivity index (χ4n) is 2.87. The number of imide groups is 1. The van der Waals surface area contributed by atoms with Gasteiger partial charge in [-0.05, 0) is 19.9 Å². The summed E-state index contributed by atoms with van der Waals surface area (Å²) < 4.78 is 38.3. The molecule has 23 heavy (non-hydrogen) atoms. The van der Waals surface area contributed by atoms with Gasteiger partial charge in [-0.3, -0.25) is 19.8 Å². The molecule has 0 saturated carbocycles. The average Bonchev–Trinajstić information content (AvgIpc) is 2.40. The standard InChI is InChI=1S/C13H19F3N4O3/c1-19-6-8(2-3-9(19)13(14,15)16)17-11(22)7-20-5-4-10(21)18-12(20)23/h8-9H,2-7H2,1H3,(H,17,22)(H,18,21,23)/t8-,9-/m0/s1. The van der Waals surface area contributed by atoms with E-state index in [1.165, 1.54) is 16.8 Å². The number of likely N-dealkylation sites (N-methyl/N-ethyl adjacent to an activating group) is 1. The first-order chi connectivity index (χ1) is 10.7. The molecule has 10 heteroatoms. The molecule has 0 aliphatic carbocycles. The van der Waals surface area contributed by atoms with Gasteiger partial charge in [0.1, 0.15) is 12.6 Å². The summed E-state index contributed by atoms with van der Waals surface area (Å²) in [6.07, 6.45) is -4.00. The third-order valence-electron chi connectivity index (χ3n) is 4.05. The van der Waals surface area contributed by atoms with Crippen molar-refractivity contribution in [1.82, 2.24) is 20.4 Å². The highest BCUT2D eigenvalue weighted by Gasteiger charge is 2.44. The van der Waals surface area contributed by atoms with Gasteiger partial charge < -0.3 is 10.2 Å². The van der Waals surface area contributed by atoms with E-state index in [0.29, 0.717) is 0 Å². The van der Waals surface area contributed by atoms with Crippen LogP contribution in [0.25, 0.3) is 0 Å². The van der Waals surface area contributed by atoms with Gasteiger partial charge in [0, 0.05) is 25.6 Å². The Morgan fingerprint density at radius 2 is 2.04 bits per heavy atom. The highest BCUT2D eigenvalue weighted by molar-refractivity contribution is 5.98. The molecular formula is C13H19F3N4O3. The molecule has 4 amide bonds. The smallest absolute Gasteiger partial charge is 0.351 e. The number of nitrogens with zero attached hydrogens (tertiary/aromatic N) is 2. The van der Waals surface area contributed by atoms with Gasteiger partial charge in [0.2, 0.25) is 11.8 Å². The van der Waals surface area contributed by atoms with Crippen molar-refractivity contribution < 1.29 is 27.6 Å². The number of alkyl halides is 3. The van der Waals surface area contributed by atoms with Gasteiger partial charge in [0.15, 0.2) is 0 Å². The highest BCUT2D eigenvalue weighted by atomic mass is 19.4. The van der Waals surface area contributed by atoms with Crippen molar-refractivity contribution in [1.29, 1.82) is 0 Å². The summed E-state index contributed by atoms with van der Waals surface area (Å²) in [4.78, 5) is 36.8. The van der Waals surface area contributed by atoms with Crippen LogP contribution in [0.2, 0.25) is 0 Å². The van der Waals surface area contributed by atoms with Gasteiger partial charge in [-0.2, -0.15) is 13.2 Å². The average molecular weight is 336 g/mol. The minimum atomic E-state index is -4.28. The number of rotatable bonds is 3. The number of halogens is 3. The predicted octanol–water partition coefficient (Wildman–Crippen LogP) is 0.0696. The molecule has 0 aromatic heterocycles. The number of urea groups is 1. The van der Waals surface area contributed by atoms with Crippen molar-refractivity contribution >= 4 is 17.8 Å². The zero-order valence-electron chi connectivity index (χ0n) is 12.7. The van der Waals surface area contributed by atoms with Crippen LogP contribution in [-0.4, -0.2) is 72.6 Å². The first-order valence-corrected chi connectivity index (χ1v) is 7.32. The zero-order valence-corrected chi connectivity index (χ0v) is 12.7. The summed E-state index contributed by atoms with van der Waals surface area (Å²) >= 11 is 0. The van der Waals surface area contributed by atoms with E-state index in [-0.39, 0.29) is 44.9 Å². The van der Waals surface area contributed by atoms with Crippen LogP contribution in [0.1, 0.15) is 19.3 Å². The van der Waals surface area contributed by atoms with E-state index in [0.717, 1.165) is 0 Å². The van der Waals surface area contributed by atoms with E-state index in [2.05, 4.69) is 10.6 Å². The van der Waals surface area contributed by atoms with E-state index in [1.807, 2.05) is 0 Å². The highest BCUT2D eigenvalue weighted by Crippen LogP contribution is 2.30. The Labute approximate surface area is 131 Å². The number of nitrogens with one attached hydrogen (secondary N) is 2. The molecule has 2 aliphatic rings. The first kappa shape index (κ1) is 17.5. The molecule has 2 saturated heterocycles. The lowest BCUT2D eigenvalue weighted by Crippen LogP contribution is -2.57. The molecule has 7 nitrogen and oxygen atoms in total. The number of carbonyl (C=O) groups is 3. The Morgan fingerprint density at radius 3 is 2.61 bits per heavy atom. The van der Waals surface area contributed by atoms with Gasteiger partial charge in [0.05, 0.1) is 0 Å². The maximum Gasteiger partial charge on any atom is 0.404 e. The molecule has 130 valence electrons. The second-order valence-electron chi connectivity index (χ2n) is 5.86. The molecule has 2 heterocycles. The number of carbonyl (C=O) groups excluding carboxylic acids is 3. The van der Waals surface area contributed by atoms with Crippen LogP contribution < -0.4 is 10.6 Å². The predicted molar refractivity (Wildman–Crippen MR) is 73.4 cm³/mol. The van der Waals surface area contributed by atoms with Gasteiger partial charge in [-0.1, -0.05) is 0 Å². The lowest BCUT2D eigenvalue weighted by atomic mass is 9.98. The second-order valence-corrected chi connectivity index (χ2v) is 5.86. The van der Waals surface area contributed by atoms with Crippen molar-refractivity contribution in [2.24, 2.45) is 0 Å². The summed E-state index contributed by atoms with van der Waals surface area (Å²) in [6.45, 7) is 0.0292. The molecule has 0 bridgehead atoms. The van der Waals surface area contributed by atoms with Crippen molar-refractivity contribution in [2.45, 2.75) is 37.5 Å². The lowest BCUT2D eigenvalue weighted by molar-refractivity contribution is -0.188. The Hall–Kier alpha value is -1.84. The van der Waals surface area contributed by atoms with Gasteiger partial charge in [-0.15, -0.1) is 0 Å². The number of likely N-dealkylation sites (tertiary alicyclic amines) is 1. The molecule has 2 fully saturated rings. The summed E-state index contributed by atoms with van der Waals surface area (Å²) in [7, 11) is 1.38. The molecule has 0 unspecified atom stereocenters. The molecular weight excluding hydrogens is 317 g/mol. The van der Waals surface area contributed by atoms with Crippen molar-refractivity contribution in [3.63, 3.8) is 0 Å². The first-order valence-electron chi connectivity index (χ1n) is 7.32. The summed E-state index contributed by atoms with van der Waals surface area (Å²) in [5, 5.41) is 4.75. The second kappa shape index (κ2) is 6.73. The fourth-order valence-corrected chi connectivity index (χ4v) is 2.87. The van der Waals surface area contributed by atoms with E-state index in [4.69, 9.17) is 0 Å². The quantitative estimate of drug-likeness (QED) is 0.764. The largest absolute Gasteiger partial charge is 0.404 e. The van der Waals surface area contributed by atoms with Crippen LogP contribution in [0.4, 0.5) is 18.0 Å². The Morgan fingerprint density at radius 1 is 1.35 bits per heavy atom. The monoisotopic (exact) mass is 336 g/mol. The van der Waals surface area contributed by atoms with Crippen molar-refractivity contribution in [2.75, 3.05) is 26.7 Å². The Balaban J connectivity index is 1.80. The Bertz CT molecular complexity index is 497. The van der Waals surface area contributed by atoms with Crippen LogP contribution in [0.3, 0.4) is 0 Å². The van der Waals surface area contributed by atoms with Gasteiger partial charge in [0.25, 0.3) is 0 Å². The summed E-state index contributed by atoms with van der Waals surface area (Å²) in [6, 6.07) is -2.51. The summed E-state index contributed by atoms with van der Waals surface area (Å²) in [5.74, 6) is -0.836. The number of amides is 4. The SMILES string of the molecule is CN1C[C@@H](NC(=O)CN2CCC(=O)NC2=O)CC[C@H]1C(F)(F)F. The number of hydrogen-bond acceptors (Lipinski definition) is 4. The topological polar surface area (TPSA) is 81.8 Å². The maximum absolute atomic E-state index is 12.8. The third kappa shape index (κ3) is 4.57. The Kier molecular flexibility index (Phi) is 5.12. The van der Waals surface area contributed by atoms with E-state index in [9.17, 15) is 27.6 Å². The zero-order chi connectivity index (χ0) is 17.2. The van der Waals surface area contributed by atoms with Crippen LogP contribution in [0.5, 0.6) is 0 Å². The van der Waals surface area contributed by atoms with Crippen molar-refractivity contribution in [3.8, 4) is 0 Å². The normalized spacial score (nSPS) is 26.9.